The lowest BCUT2D eigenvalue weighted by Crippen LogP contribution is -2.50. The van der Waals surface area contributed by atoms with Crippen molar-refractivity contribution in [1.29, 1.82) is 0 Å². The van der Waals surface area contributed by atoms with Crippen molar-refractivity contribution in [2.45, 2.75) is 68.5 Å². The van der Waals surface area contributed by atoms with Crippen LogP contribution < -0.4 is 0 Å². The molecule has 0 N–H and O–H groups in total. The Hall–Kier alpha value is -1.82. The van der Waals surface area contributed by atoms with Gasteiger partial charge in [-0.15, -0.1) is 5.10 Å². The Labute approximate surface area is 170 Å². The maximum absolute atomic E-state index is 13.0. The van der Waals surface area contributed by atoms with Crippen molar-refractivity contribution in [3.8, 4) is 5.69 Å². The first-order chi connectivity index (χ1) is 13.8. The molecular formula is C22H28N4OS. The number of hydrogen-bond acceptors (Lipinski definition) is 4. The van der Waals surface area contributed by atoms with E-state index in [-0.39, 0.29) is 5.91 Å². The molecule has 1 aliphatic heterocycles. The molecule has 28 heavy (non-hydrogen) atoms. The van der Waals surface area contributed by atoms with E-state index in [1.54, 1.807) is 0 Å². The average Bonchev–Trinajstić information content (AvgIpc) is 3.51. The zero-order chi connectivity index (χ0) is 18.9. The number of amides is 1. The second kappa shape index (κ2) is 7.90. The van der Waals surface area contributed by atoms with Gasteiger partial charge in [0, 0.05) is 18.5 Å². The highest BCUT2D eigenvalue weighted by atomic mass is 32.2. The smallest absolute Gasteiger partial charge is 0.233 e. The predicted molar refractivity (Wildman–Crippen MR) is 111 cm³/mol. The van der Waals surface area contributed by atoms with Gasteiger partial charge in [-0.1, -0.05) is 42.8 Å². The maximum atomic E-state index is 13.0. The number of carbonyl (C=O) groups is 1. The summed E-state index contributed by atoms with van der Waals surface area (Å²) in [6.45, 7) is 0.930. The quantitative estimate of drug-likeness (QED) is 0.702. The third-order valence-electron chi connectivity index (χ3n) is 6.44. The first-order valence-electron chi connectivity index (χ1n) is 10.7. The largest absolute Gasteiger partial charge is 0.339 e. The molecule has 0 bridgehead atoms. The van der Waals surface area contributed by atoms with Gasteiger partial charge >= 0.3 is 0 Å². The third kappa shape index (κ3) is 3.71. The van der Waals surface area contributed by atoms with Crippen LogP contribution in [0.1, 0.15) is 63.1 Å². The SMILES string of the molecule is O=C(CSc1nc(C2CC2)n(-c2ccccc2)n1)N1CCC[C@@H]2CCCC[C@@H]21. The number of likely N-dealkylation sites (tertiary alicyclic amines) is 1. The summed E-state index contributed by atoms with van der Waals surface area (Å²) in [5.74, 6) is 3.01. The van der Waals surface area contributed by atoms with Gasteiger partial charge in [0.25, 0.3) is 0 Å². The minimum atomic E-state index is 0.269. The van der Waals surface area contributed by atoms with Crippen molar-refractivity contribution in [2.75, 3.05) is 12.3 Å². The number of hydrogen-bond donors (Lipinski definition) is 0. The molecule has 2 aromatic rings. The molecule has 2 saturated carbocycles. The molecule has 2 heterocycles. The number of carbonyl (C=O) groups excluding carboxylic acids is 1. The summed E-state index contributed by atoms with van der Waals surface area (Å²) in [4.78, 5) is 19.9. The molecule has 2 aliphatic carbocycles. The van der Waals surface area contributed by atoms with Crippen molar-refractivity contribution in [2.24, 2.45) is 5.92 Å². The Balaban J connectivity index is 1.28. The minimum Gasteiger partial charge on any atom is -0.339 e. The maximum Gasteiger partial charge on any atom is 0.233 e. The molecule has 1 aromatic carbocycles. The highest BCUT2D eigenvalue weighted by Crippen LogP contribution is 2.40. The van der Waals surface area contributed by atoms with Crippen LogP contribution in [0.3, 0.4) is 0 Å². The van der Waals surface area contributed by atoms with Gasteiger partial charge in [-0.25, -0.2) is 9.67 Å². The third-order valence-corrected chi connectivity index (χ3v) is 7.27. The number of piperidine rings is 1. The minimum absolute atomic E-state index is 0.269. The summed E-state index contributed by atoms with van der Waals surface area (Å²) in [6.07, 6.45) is 9.92. The molecule has 0 spiro atoms. The van der Waals surface area contributed by atoms with E-state index in [1.165, 1.54) is 56.7 Å². The number of benzene rings is 1. The first kappa shape index (κ1) is 18.2. The number of aromatic nitrogens is 3. The first-order valence-corrected chi connectivity index (χ1v) is 11.7. The molecule has 1 aromatic heterocycles. The fourth-order valence-electron chi connectivity index (χ4n) is 4.87. The van der Waals surface area contributed by atoms with Gasteiger partial charge in [-0.3, -0.25) is 4.79 Å². The van der Waals surface area contributed by atoms with Gasteiger partial charge < -0.3 is 4.90 Å². The summed E-state index contributed by atoms with van der Waals surface area (Å²) in [7, 11) is 0. The van der Waals surface area contributed by atoms with Gasteiger partial charge in [-0.2, -0.15) is 0 Å². The molecule has 0 unspecified atom stereocenters. The number of fused-ring (bicyclic) bond motifs is 1. The lowest BCUT2D eigenvalue weighted by molar-refractivity contribution is -0.134. The van der Waals surface area contributed by atoms with Crippen molar-refractivity contribution in [3.05, 3.63) is 36.2 Å². The van der Waals surface area contributed by atoms with Gasteiger partial charge in [-0.05, 0) is 56.6 Å². The number of para-hydroxylation sites is 1. The van der Waals surface area contributed by atoms with Crippen LogP contribution in [-0.2, 0) is 4.79 Å². The van der Waals surface area contributed by atoms with Crippen LogP contribution in [0, 0.1) is 5.92 Å². The molecule has 1 saturated heterocycles. The van der Waals surface area contributed by atoms with E-state index in [2.05, 4.69) is 17.0 Å². The monoisotopic (exact) mass is 396 g/mol. The summed E-state index contributed by atoms with van der Waals surface area (Å²) in [6, 6.07) is 10.7. The zero-order valence-corrected chi connectivity index (χ0v) is 17.1. The van der Waals surface area contributed by atoms with E-state index in [9.17, 15) is 4.79 Å². The van der Waals surface area contributed by atoms with E-state index in [0.717, 1.165) is 35.6 Å². The van der Waals surface area contributed by atoms with E-state index in [1.807, 2.05) is 22.9 Å². The van der Waals surface area contributed by atoms with E-state index in [0.29, 0.717) is 17.7 Å². The average molecular weight is 397 g/mol. The number of thioether (sulfide) groups is 1. The summed E-state index contributed by atoms with van der Waals surface area (Å²) < 4.78 is 1.97. The Bertz CT molecular complexity index is 830. The fraction of sp³-hybridized carbons (Fsp3) is 0.591. The molecule has 148 valence electrons. The summed E-state index contributed by atoms with van der Waals surface area (Å²) >= 11 is 1.50. The summed E-state index contributed by atoms with van der Waals surface area (Å²) in [5.41, 5.74) is 1.05. The lowest BCUT2D eigenvalue weighted by Gasteiger charge is -2.44. The standard InChI is InChI=1S/C22H28N4OS/c27-20(25-14-6-8-16-7-4-5-11-19(16)25)15-28-22-23-21(17-12-13-17)26(24-22)18-9-2-1-3-10-18/h1-3,9-10,16-17,19H,4-8,11-15H2/t16-,19-/m0/s1. The van der Waals surface area contributed by atoms with Gasteiger partial charge in [0.05, 0.1) is 11.4 Å². The molecule has 2 atom stereocenters. The van der Waals surface area contributed by atoms with Crippen molar-refractivity contribution in [3.63, 3.8) is 0 Å². The highest BCUT2D eigenvalue weighted by Gasteiger charge is 2.36. The molecular weight excluding hydrogens is 368 g/mol. The van der Waals surface area contributed by atoms with Crippen LogP contribution in [0.25, 0.3) is 5.69 Å². The number of nitrogens with zero attached hydrogens (tertiary/aromatic N) is 4. The van der Waals surface area contributed by atoms with Crippen LogP contribution in [0.5, 0.6) is 0 Å². The molecule has 0 radical (unpaired) electrons. The van der Waals surface area contributed by atoms with Crippen molar-refractivity contribution < 1.29 is 4.79 Å². The molecule has 3 fully saturated rings. The predicted octanol–water partition coefficient (Wildman–Crippen LogP) is 4.42. The normalized spacial score (nSPS) is 24.8. The van der Waals surface area contributed by atoms with E-state index in [4.69, 9.17) is 10.1 Å². The van der Waals surface area contributed by atoms with E-state index >= 15 is 0 Å². The molecule has 1 amide bonds. The Morgan fingerprint density at radius 1 is 1.04 bits per heavy atom. The van der Waals surface area contributed by atoms with Gasteiger partial charge in [0.2, 0.25) is 11.1 Å². The molecule has 6 heteroatoms. The van der Waals surface area contributed by atoms with E-state index < -0.39 is 0 Å². The Morgan fingerprint density at radius 3 is 2.64 bits per heavy atom. The van der Waals surface area contributed by atoms with Crippen LogP contribution in [-0.4, -0.2) is 43.9 Å². The Morgan fingerprint density at radius 2 is 1.82 bits per heavy atom. The summed E-state index contributed by atoms with van der Waals surface area (Å²) in [5, 5.41) is 5.47. The van der Waals surface area contributed by atoms with Crippen LogP contribution in [0.15, 0.2) is 35.5 Å². The van der Waals surface area contributed by atoms with Crippen molar-refractivity contribution >= 4 is 17.7 Å². The molecule has 5 rings (SSSR count). The second-order valence-corrected chi connectivity index (χ2v) is 9.35. The second-order valence-electron chi connectivity index (χ2n) is 8.40. The van der Waals surface area contributed by atoms with Gasteiger partial charge in [0.1, 0.15) is 5.82 Å². The topological polar surface area (TPSA) is 51.0 Å². The fourth-order valence-corrected chi connectivity index (χ4v) is 5.59. The van der Waals surface area contributed by atoms with Crippen LogP contribution in [0.4, 0.5) is 0 Å². The van der Waals surface area contributed by atoms with Crippen molar-refractivity contribution in [1.82, 2.24) is 19.7 Å². The zero-order valence-electron chi connectivity index (χ0n) is 16.3. The van der Waals surface area contributed by atoms with Gasteiger partial charge in [0.15, 0.2) is 0 Å². The Kier molecular flexibility index (Phi) is 5.14. The highest BCUT2D eigenvalue weighted by molar-refractivity contribution is 7.99. The number of rotatable bonds is 5. The molecule has 5 nitrogen and oxygen atoms in total. The lowest BCUT2D eigenvalue weighted by atomic mass is 9.78. The molecule has 3 aliphatic rings. The van der Waals surface area contributed by atoms with Crippen LogP contribution >= 0.6 is 11.8 Å². The van der Waals surface area contributed by atoms with Crippen LogP contribution in [0.2, 0.25) is 0 Å².